The van der Waals surface area contributed by atoms with Crippen LogP contribution in [-0.4, -0.2) is 168 Å². The zero-order valence-electron chi connectivity index (χ0n) is 26.2. The molecule has 0 saturated carbocycles. The van der Waals surface area contributed by atoms with Gasteiger partial charge in [-0.25, -0.2) is 0 Å². The molecule has 3 fully saturated rings. The third-order valence-corrected chi connectivity index (χ3v) is 8.59. The highest BCUT2D eigenvalue weighted by Crippen LogP contribution is 2.33. The molecule has 18 heteroatoms. The van der Waals surface area contributed by atoms with E-state index in [1.165, 1.54) is 36.4 Å². The van der Waals surface area contributed by atoms with Crippen LogP contribution < -0.4 is 9.47 Å². The number of phenols is 1. The van der Waals surface area contributed by atoms with Gasteiger partial charge < -0.3 is 84.6 Å². The number of carbonyl (C=O) groups is 1. The molecule has 276 valence electrons. The molecule has 50 heavy (non-hydrogen) atoms. The number of aliphatic hydroxyl groups excluding tert-OH is 9. The largest absolute Gasteiger partial charge is 0.507 e. The second kappa shape index (κ2) is 15.9. The second-order valence-corrected chi connectivity index (χ2v) is 12.1. The Morgan fingerprint density at radius 2 is 1.38 bits per heavy atom. The fourth-order valence-electron chi connectivity index (χ4n) is 5.51. The SMILES string of the molecule is O=C(/C=C/c1ccc(O[C@@H]2O[C@H](CO)[C@H](O)[C@H](O)[C@H]2O[C@@H]2OC[C@](O)(CO)[C@@H]2O)cc1)c1ccc(O[C@@H]2O[C@@H](CO)[C@H](O)[C@H](O)[C@H]2O)cc1O. The van der Waals surface area contributed by atoms with Gasteiger partial charge in [0.05, 0.1) is 32.0 Å². The first-order valence-corrected chi connectivity index (χ1v) is 15.5. The monoisotopic (exact) mass is 712 g/mol. The van der Waals surface area contributed by atoms with Gasteiger partial charge in [0.15, 0.2) is 18.2 Å². The molecule has 0 amide bonds. The van der Waals surface area contributed by atoms with Crippen molar-refractivity contribution in [3.8, 4) is 17.2 Å². The Labute approximate surface area is 284 Å². The molecule has 0 aliphatic carbocycles. The van der Waals surface area contributed by atoms with E-state index in [9.17, 15) is 61.0 Å². The molecule has 0 spiro atoms. The van der Waals surface area contributed by atoms with Crippen LogP contribution in [0.15, 0.2) is 48.5 Å². The van der Waals surface area contributed by atoms with Crippen LogP contribution in [0.5, 0.6) is 17.2 Å². The highest BCUT2D eigenvalue weighted by molar-refractivity contribution is 6.08. The summed E-state index contributed by atoms with van der Waals surface area (Å²) in [7, 11) is 0. The minimum Gasteiger partial charge on any atom is -0.507 e. The maximum atomic E-state index is 12.8. The molecular formula is C32H40O18. The molecule has 0 bridgehead atoms. The number of phenolic OH excluding ortho intramolecular Hbond substituents is 1. The van der Waals surface area contributed by atoms with Crippen LogP contribution in [0.3, 0.4) is 0 Å². The Kier molecular flexibility index (Phi) is 12.1. The predicted octanol–water partition coefficient (Wildman–Crippen LogP) is -3.89. The number of benzene rings is 2. The van der Waals surface area contributed by atoms with Gasteiger partial charge in [-0.15, -0.1) is 0 Å². The van der Waals surface area contributed by atoms with E-state index in [0.717, 1.165) is 6.07 Å². The van der Waals surface area contributed by atoms with Crippen molar-refractivity contribution in [3.63, 3.8) is 0 Å². The van der Waals surface area contributed by atoms with E-state index in [4.69, 9.17) is 28.4 Å². The van der Waals surface area contributed by atoms with Crippen LogP contribution in [0.4, 0.5) is 0 Å². The van der Waals surface area contributed by atoms with E-state index in [2.05, 4.69) is 0 Å². The number of aliphatic hydroxyl groups is 10. The number of ketones is 1. The van der Waals surface area contributed by atoms with Crippen molar-refractivity contribution in [2.75, 3.05) is 26.4 Å². The predicted molar refractivity (Wildman–Crippen MR) is 163 cm³/mol. The van der Waals surface area contributed by atoms with Gasteiger partial charge in [0.1, 0.15) is 71.7 Å². The van der Waals surface area contributed by atoms with Gasteiger partial charge >= 0.3 is 0 Å². The number of aromatic hydroxyl groups is 1. The van der Waals surface area contributed by atoms with E-state index in [1.54, 1.807) is 12.1 Å². The average molecular weight is 713 g/mol. The summed E-state index contributed by atoms with van der Waals surface area (Å²) in [5.41, 5.74) is -1.61. The molecule has 3 heterocycles. The maximum Gasteiger partial charge on any atom is 0.229 e. The van der Waals surface area contributed by atoms with Crippen molar-refractivity contribution in [2.45, 2.75) is 79.4 Å². The standard InChI is InChI=1S/C32H40O18/c33-10-20-22(38)24(40)26(42)29(48-20)47-16-6-7-17(19(37)9-16)18(36)8-3-14-1-4-15(5-2-14)46-30-27(25(41)23(39)21(11-34)49-30)50-31-28(43)32(44,12-35)13-45-31/h1-9,20-31,33-35,37-44H,10-13H2/b8-3+/t20-,21+,22-,23-,24-,25-,26+,27+,28+,29+,30+,31-,32+/m0/s1. The molecule has 2 aromatic rings. The second-order valence-electron chi connectivity index (χ2n) is 12.1. The molecule has 5 rings (SSSR count). The molecule has 11 N–H and O–H groups in total. The molecule has 18 nitrogen and oxygen atoms in total. The number of hydrogen-bond donors (Lipinski definition) is 11. The third-order valence-electron chi connectivity index (χ3n) is 8.59. The van der Waals surface area contributed by atoms with Crippen LogP contribution in [0.1, 0.15) is 15.9 Å². The van der Waals surface area contributed by atoms with Crippen molar-refractivity contribution in [3.05, 3.63) is 59.7 Å². The van der Waals surface area contributed by atoms with Crippen molar-refractivity contribution in [1.29, 1.82) is 0 Å². The molecule has 0 radical (unpaired) electrons. The molecule has 13 atom stereocenters. The lowest BCUT2D eigenvalue weighted by Crippen LogP contribution is -2.62. The minimum absolute atomic E-state index is 0.0384. The highest BCUT2D eigenvalue weighted by Gasteiger charge is 2.53. The topological polar surface area (TPSA) is 295 Å². The summed E-state index contributed by atoms with van der Waals surface area (Å²) >= 11 is 0. The number of rotatable bonds is 12. The highest BCUT2D eigenvalue weighted by atomic mass is 16.8. The Hall–Kier alpha value is -3.31. The van der Waals surface area contributed by atoms with Crippen molar-refractivity contribution in [2.24, 2.45) is 0 Å². The summed E-state index contributed by atoms with van der Waals surface area (Å²) < 4.78 is 33.0. The van der Waals surface area contributed by atoms with Gasteiger partial charge in [0, 0.05) is 6.07 Å². The van der Waals surface area contributed by atoms with Gasteiger partial charge in [-0.2, -0.15) is 0 Å². The zero-order chi connectivity index (χ0) is 36.3. The van der Waals surface area contributed by atoms with E-state index in [0.29, 0.717) is 5.56 Å². The molecule has 0 aromatic heterocycles. The normalized spacial score (nSPS) is 37.6. The number of allylic oxidation sites excluding steroid dienone is 1. The fourth-order valence-corrected chi connectivity index (χ4v) is 5.51. The summed E-state index contributed by atoms with van der Waals surface area (Å²) in [6, 6.07) is 9.70. The van der Waals surface area contributed by atoms with Crippen LogP contribution in [0.2, 0.25) is 0 Å². The van der Waals surface area contributed by atoms with Gasteiger partial charge in [-0.05, 0) is 35.9 Å². The molecule has 0 unspecified atom stereocenters. The Morgan fingerprint density at radius 1 is 0.780 bits per heavy atom. The number of hydrogen-bond acceptors (Lipinski definition) is 18. The smallest absolute Gasteiger partial charge is 0.229 e. The van der Waals surface area contributed by atoms with Crippen molar-refractivity contribution >= 4 is 11.9 Å². The molecular weight excluding hydrogens is 672 g/mol. The Balaban J connectivity index is 1.22. The van der Waals surface area contributed by atoms with Gasteiger partial charge in [0.25, 0.3) is 0 Å². The van der Waals surface area contributed by atoms with Gasteiger partial charge in [0.2, 0.25) is 12.6 Å². The summed E-state index contributed by atoms with van der Waals surface area (Å²) in [6.45, 7) is -2.65. The Morgan fingerprint density at radius 3 is 1.98 bits per heavy atom. The number of carbonyl (C=O) groups excluding carboxylic acids is 1. The zero-order valence-corrected chi connectivity index (χ0v) is 26.2. The summed E-state index contributed by atoms with van der Waals surface area (Å²) in [6.07, 6.45) is -15.8. The van der Waals surface area contributed by atoms with E-state index < -0.39 is 117 Å². The van der Waals surface area contributed by atoms with Crippen molar-refractivity contribution in [1.82, 2.24) is 0 Å². The lowest BCUT2D eigenvalue weighted by atomic mass is 9.98. The first-order valence-electron chi connectivity index (χ1n) is 15.5. The number of ether oxygens (including phenoxy) is 6. The molecule has 2 aromatic carbocycles. The average Bonchev–Trinajstić information content (AvgIpc) is 3.40. The first kappa shape index (κ1) is 37.9. The van der Waals surface area contributed by atoms with E-state index in [-0.39, 0.29) is 17.1 Å². The Bertz CT molecular complexity index is 1470. The molecule has 3 saturated heterocycles. The van der Waals surface area contributed by atoms with Crippen molar-refractivity contribution < 1.29 is 89.4 Å². The van der Waals surface area contributed by atoms with E-state index in [1.807, 2.05) is 0 Å². The summed E-state index contributed by atoms with van der Waals surface area (Å²) in [5, 5.41) is 111. The lowest BCUT2D eigenvalue weighted by molar-refractivity contribution is -0.318. The quantitative estimate of drug-likeness (QED) is 0.0741. The van der Waals surface area contributed by atoms with Crippen LogP contribution in [-0.2, 0) is 18.9 Å². The molecule has 3 aliphatic rings. The van der Waals surface area contributed by atoms with Crippen LogP contribution >= 0.6 is 0 Å². The van der Waals surface area contributed by atoms with Gasteiger partial charge in [-0.3, -0.25) is 4.79 Å². The molecule has 3 aliphatic heterocycles. The summed E-state index contributed by atoms with van der Waals surface area (Å²) in [4.78, 5) is 12.8. The van der Waals surface area contributed by atoms with Crippen LogP contribution in [0.25, 0.3) is 6.08 Å². The maximum absolute atomic E-state index is 12.8. The third kappa shape index (κ3) is 7.93. The first-order chi connectivity index (χ1) is 23.8. The van der Waals surface area contributed by atoms with E-state index >= 15 is 0 Å². The van der Waals surface area contributed by atoms with Gasteiger partial charge in [-0.1, -0.05) is 18.2 Å². The summed E-state index contributed by atoms with van der Waals surface area (Å²) in [5.74, 6) is -0.937. The lowest BCUT2D eigenvalue weighted by Gasteiger charge is -2.42. The van der Waals surface area contributed by atoms with Crippen LogP contribution in [0, 0.1) is 0 Å². The fraction of sp³-hybridized carbons (Fsp3) is 0.531. The minimum atomic E-state index is -2.02.